The summed E-state index contributed by atoms with van der Waals surface area (Å²) in [6.45, 7) is 20.6. The van der Waals surface area contributed by atoms with Crippen molar-refractivity contribution in [3.63, 3.8) is 0 Å². The lowest BCUT2D eigenvalue weighted by atomic mass is 10.1. The van der Waals surface area contributed by atoms with Gasteiger partial charge in [-0.1, -0.05) is 0 Å². The van der Waals surface area contributed by atoms with Crippen molar-refractivity contribution in [3.05, 3.63) is 0 Å². The van der Waals surface area contributed by atoms with E-state index in [1.807, 2.05) is 69.2 Å². The van der Waals surface area contributed by atoms with Crippen LogP contribution in [0.5, 0.6) is 0 Å². The molecule has 0 saturated carbocycles. The van der Waals surface area contributed by atoms with Gasteiger partial charge in [-0.3, -0.25) is 33.7 Å². The summed E-state index contributed by atoms with van der Waals surface area (Å²) in [5.74, 6) is -3.34. The van der Waals surface area contributed by atoms with Crippen LogP contribution in [0.1, 0.15) is 140 Å². The largest absolute Gasteiger partial charge is 0.481 e. The minimum absolute atomic E-state index is 0.00459. The second-order valence-corrected chi connectivity index (χ2v) is 16.3. The van der Waals surface area contributed by atoms with Gasteiger partial charge in [0.25, 0.3) is 0 Å². The smallest absolute Gasteiger partial charge is 0.306 e. The molecule has 54 heavy (non-hydrogen) atoms. The molecule has 0 bridgehead atoms. The summed E-state index contributed by atoms with van der Waals surface area (Å²) in [4.78, 5) is 73.9. The Morgan fingerprint density at radius 1 is 0.444 bits per heavy atom. The number of nitrogens with zero attached hydrogens (tertiary/aromatic N) is 1. The number of rotatable bonds is 29. The van der Waals surface area contributed by atoms with Gasteiger partial charge in [0.05, 0.1) is 24.4 Å². The first-order valence-electron chi connectivity index (χ1n) is 19.0. The number of carbonyl (C=O) groups is 6. The van der Waals surface area contributed by atoms with E-state index in [0.29, 0.717) is 26.1 Å². The molecule has 0 fully saturated rings. The lowest BCUT2D eigenvalue weighted by Crippen LogP contribution is -2.35. The lowest BCUT2D eigenvalue weighted by molar-refractivity contribution is -0.160. The van der Waals surface area contributed by atoms with Gasteiger partial charge in [-0.05, 0) is 88.5 Å². The molecule has 0 rings (SSSR count). The van der Waals surface area contributed by atoms with Gasteiger partial charge in [0, 0.05) is 71.0 Å². The molecule has 314 valence electrons. The second kappa shape index (κ2) is 25.7. The van der Waals surface area contributed by atoms with Gasteiger partial charge < -0.3 is 38.3 Å². The zero-order valence-corrected chi connectivity index (χ0v) is 34.6. The van der Waals surface area contributed by atoms with E-state index in [-0.39, 0.29) is 108 Å². The average Bonchev–Trinajstić information content (AvgIpc) is 2.98. The highest BCUT2D eigenvalue weighted by Crippen LogP contribution is 2.20. The third kappa shape index (κ3) is 32.2. The molecule has 0 atom stereocenters. The predicted octanol–water partition coefficient (Wildman–Crippen LogP) is 5.57. The minimum Gasteiger partial charge on any atom is -0.481 e. The Bertz CT molecular complexity index is 1080. The van der Waals surface area contributed by atoms with Gasteiger partial charge in [0.2, 0.25) is 0 Å². The van der Waals surface area contributed by atoms with Crippen molar-refractivity contribution >= 4 is 35.8 Å². The number of hydrogen-bond donors (Lipinski definition) is 1. The number of hydrogen-bond acceptors (Lipinski definition) is 14. The van der Waals surface area contributed by atoms with E-state index in [1.165, 1.54) is 0 Å². The first kappa shape index (κ1) is 50.7. The number of ether oxygens (including phenoxy) is 7. The molecule has 0 aromatic carbocycles. The summed E-state index contributed by atoms with van der Waals surface area (Å²) in [5.41, 5.74) is -1.99. The maximum Gasteiger partial charge on any atom is 0.306 e. The standard InChI is InChI=1S/C39H69NO14/c1-36(2,3)51-25-20-38(7,8)53-34(46)18-12-16-32(44)49-28-23-40(22-27-48-31(43)15-11-14-30(41)42)24-29-50-33(45)17-13-19-35(47)54-39(9,10)21-26-52-37(4,5)6/h11-29H2,1-10H3,(H,41,42). The fourth-order valence-electron chi connectivity index (χ4n) is 4.58. The SMILES string of the molecule is CC(C)(C)OCCC(C)(C)OC(=O)CCCC(=O)OCCN(CCOC(=O)CCCC(=O)O)CCOC(=O)CCCC(=O)OC(C)(C)CCOC(C)(C)C. The van der Waals surface area contributed by atoms with Crippen molar-refractivity contribution in [1.29, 1.82) is 0 Å². The minimum atomic E-state index is -0.999. The van der Waals surface area contributed by atoms with Crippen LogP contribution >= 0.6 is 0 Å². The Morgan fingerprint density at radius 2 is 0.741 bits per heavy atom. The van der Waals surface area contributed by atoms with E-state index >= 15 is 0 Å². The van der Waals surface area contributed by atoms with E-state index in [9.17, 15) is 28.8 Å². The summed E-state index contributed by atoms with van der Waals surface area (Å²) >= 11 is 0. The van der Waals surface area contributed by atoms with Crippen molar-refractivity contribution in [2.24, 2.45) is 0 Å². The Balaban J connectivity index is 4.71. The number of esters is 5. The summed E-state index contributed by atoms with van der Waals surface area (Å²) < 4.78 is 38.4. The molecule has 0 radical (unpaired) electrons. The average molecular weight is 776 g/mol. The van der Waals surface area contributed by atoms with Gasteiger partial charge >= 0.3 is 35.8 Å². The summed E-state index contributed by atoms with van der Waals surface area (Å²) in [6.07, 6.45) is 1.70. The van der Waals surface area contributed by atoms with Gasteiger partial charge in [-0.2, -0.15) is 0 Å². The van der Waals surface area contributed by atoms with Crippen LogP contribution in [0.2, 0.25) is 0 Å². The fourth-order valence-corrected chi connectivity index (χ4v) is 4.58. The van der Waals surface area contributed by atoms with E-state index in [2.05, 4.69) is 0 Å². The van der Waals surface area contributed by atoms with E-state index in [0.717, 1.165) is 0 Å². The topological polar surface area (TPSA) is 190 Å². The van der Waals surface area contributed by atoms with E-state index in [4.69, 9.17) is 38.3 Å². The summed E-state index contributed by atoms with van der Waals surface area (Å²) in [5, 5.41) is 8.76. The molecule has 0 saturated heterocycles. The third-order valence-electron chi connectivity index (χ3n) is 7.57. The van der Waals surface area contributed by atoms with Crippen LogP contribution in [-0.2, 0) is 61.9 Å². The molecule has 0 aromatic rings. The summed E-state index contributed by atoms with van der Waals surface area (Å²) in [6, 6.07) is 0. The van der Waals surface area contributed by atoms with Gasteiger partial charge in [0.1, 0.15) is 31.0 Å². The molecule has 15 heteroatoms. The molecular formula is C39H69NO14. The molecule has 1 N–H and O–H groups in total. The highest BCUT2D eigenvalue weighted by atomic mass is 16.6. The molecule has 15 nitrogen and oxygen atoms in total. The van der Waals surface area contributed by atoms with E-state index < -0.39 is 47.0 Å². The molecular weight excluding hydrogens is 706 g/mol. The molecule has 0 unspecified atom stereocenters. The second-order valence-electron chi connectivity index (χ2n) is 16.3. The van der Waals surface area contributed by atoms with Crippen molar-refractivity contribution < 1.29 is 67.0 Å². The quantitative estimate of drug-likeness (QED) is 0.0733. The molecule has 0 aromatic heterocycles. The van der Waals surface area contributed by atoms with Crippen LogP contribution in [0.15, 0.2) is 0 Å². The van der Waals surface area contributed by atoms with Crippen molar-refractivity contribution in [3.8, 4) is 0 Å². The van der Waals surface area contributed by atoms with Crippen LogP contribution in [-0.4, -0.2) is 121 Å². The van der Waals surface area contributed by atoms with E-state index in [1.54, 1.807) is 4.90 Å². The Morgan fingerprint density at radius 3 is 1.04 bits per heavy atom. The number of carboxylic acids is 1. The van der Waals surface area contributed by atoms with Crippen molar-refractivity contribution in [2.75, 3.05) is 52.7 Å². The molecule has 0 amide bonds. The lowest BCUT2D eigenvalue weighted by Gasteiger charge is -2.27. The zero-order valence-electron chi connectivity index (χ0n) is 34.6. The van der Waals surface area contributed by atoms with Crippen LogP contribution in [0.4, 0.5) is 0 Å². The first-order valence-corrected chi connectivity index (χ1v) is 19.0. The Labute approximate surface area is 322 Å². The fraction of sp³-hybridized carbons (Fsp3) is 0.846. The van der Waals surface area contributed by atoms with Crippen molar-refractivity contribution in [2.45, 2.75) is 162 Å². The van der Waals surface area contributed by atoms with Gasteiger partial charge in [0.15, 0.2) is 0 Å². The van der Waals surface area contributed by atoms with Gasteiger partial charge in [-0.15, -0.1) is 0 Å². The van der Waals surface area contributed by atoms with Crippen LogP contribution in [0.3, 0.4) is 0 Å². The predicted molar refractivity (Wildman–Crippen MR) is 199 cm³/mol. The Kier molecular flexibility index (Phi) is 24.1. The first-order chi connectivity index (χ1) is 24.9. The van der Waals surface area contributed by atoms with Crippen LogP contribution < -0.4 is 0 Å². The maximum atomic E-state index is 12.4. The number of aliphatic carboxylic acids is 1. The zero-order chi connectivity index (χ0) is 41.4. The third-order valence-corrected chi connectivity index (χ3v) is 7.57. The maximum absolute atomic E-state index is 12.4. The number of carboxylic acid groups (broad SMARTS) is 1. The van der Waals surface area contributed by atoms with Gasteiger partial charge in [-0.25, -0.2) is 0 Å². The normalized spacial score (nSPS) is 12.3. The Hall–Kier alpha value is -3.30. The number of carbonyl (C=O) groups excluding carboxylic acids is 5. The molecule has 0 heterocycles. The molecule has 0 aliphatic carbocycles. The van der Waals surface area contributed by atoms with Crippen LogP contribution in [0.25, 0.3) is 0 Å². The monoisotopic (exact) mass is 775 g/mol. The summed E-state index contributed by atoms with van der Waals surface area (Å²) in [7, 11) is 0. The molecule has 0 spiro atoms. The molecule has 0 aliphatic heterocycles. The van der Waals surface area contributed by atoms with Crippen LogP contribution in [0, 0.1) is 0 Å². The highest BCUT2D eigenvalue weighted by Gasteiger charge is 2.25. The van der Waals surface area contributed by atoms with Crippen molar-refractivity contribution in [1.82, 2.24) is 4.90 Å². The highest BCUT2D eigenvalue weighted by molar-refractivity contribution is 5.73. The molecule has 0 aliphatic rings.